The largest absolute Gasteiger partial charge is 0.435 e. The molecule has 1 unspecified atom stereocenters. The number of H-pyrrole nitrogens is 1. The molecule has 1 aromatic carbocycles. The van der Waals surface area contributed by atoms with Crippen LogP contribution < -0.4 is 10.1 Å². The summed E-state index contributed by atoms with van der Waals surface area (Å²) in [6, 6.07) is 6.85. The van der Waals surface area contributed by atoms with E-state index in [4.69, 9.17) is 0 Å². The van der Waals surface area contributed by atoms with E-state index in [0.29, 0.717) is 0 Å². The highest BCUT2D eigenvalue weighted by Crippen LogP contribution is 2.26. The molecule has 0 radical (unpaired) electrons. The highest BCUT2D eigenvalue weighted by atomic mass is 19.3. The standard InChI is InChI=1S/C14H15F2N3O/c15-14(16)20-10-4-1-3-9(7-10)12-8-18-13(19-12)11-5-2-6-17-11/h1,3-4,7-8,11,14,17H,2,5-6H2,(H,18,19). The third kappa shape index (κ3) is 2.80. The fraction of sp³-hybridized carbons (Fsp3) is 0.357. The maximum absolute atomic E-state index is 12.2. The molecule has 0 aliphatic carbocycles. The third-order valence-electron chi connectivity index (χ3n) is 3.36. The molecule has 0 saturated carbocycles. The Balaban J connectivity index is 1.81. The summed E-state index contributed by atoms with van der Waals surface area (Å²) in [6.45, 7) is -1.82. The summed E-state index contributed by atoms with van der Waals surface area (Å²) in [7, 11) is 0. The van der Waals surface area contributed by atoms with Gasteiger partial charge in [0.2, 0.25) is 0 Å². The van der Waals surface area contributed by atoms with Crippen molar-refractivity contribution in [3.05, 3.63) is 36.3 Å². The van der Waals surface area contributed by atoms with Gasteiger partial charge in [0.25, 0.3) is 0 Å². The topological polar surface area (TPSA) is 49.9 Å². The molecular weight excluding hydrogens is 264 g/mol. The van der Waals surface area contributed by atoms with Crippen molar-refractivity contribution >= 4 is 0 Å². The van der Waals surface area contributed by atoms with E-state index in [1.54, 1.807) is 18.3 Å². The molecule has 1 atom stereocenters. The van der Waals surface area contributed by atoms with Crippen LogP contribution in [0.25, 0.3) is 11.3 Å². The number of benzene rings is 1. The molecule has 106 valence electrons. The molecule has 1 aromatic heterocycles. The SMILES string of the molecule is FC(F)Oc1cccc(-c2cnc(C3CCCN3)[nH]2)c1. The predicted molar refractivity (Wildman–Crippen MR) is 70.6 cm³/mol. The first-order valence-corrected chi connectivity index (χ1v) is 6.56. The molecule has 3 rings (SSSR count). The van der Waals surface area contributed by atoms with Crippen LogP contribution >= 0.6 is 0 Å². The zero-order valence-electron chi connectivity index (χ0n) is 10.8. The molecule has 0 amide bonds. The lowest BCUT2D eigenvalue weighted by molar-refractivity contribution is -0.0498. The van der Waals surface area contributed by atoms with Gasteiger partial charge in [-0.2, -0.15) is 8.78 Å². The second-order valence-corrected chi connectivity index (χ2v) is 4.74. The number of nitrogens with zero attached hydrogens (tertiary/aromatic N) is 1. The van der Waals surface area contributed by atoms with Crippen LogP contribution in [0.15, 0.2) is 30.5 Å². The number of nitrogens with one attached hydrogen (secondary N) is 2. The second-order valence-electron chi connectivity index (χ2n) is 4.74. The Bertz CT molecular complexity index is 579. The fourth-order valence-corrected chi connectivity index (χ4v) is 2.42. The van der Waals surface area contributed by atoms with Crippen LogP contribution in [0.1, 0.15) is 24.7 Å². The Morgan fingerprint density at radius 2 is 2.25 bits per heavy atom. The maximum atomic E-state index is 12.2. The first-order valence-electron chi connectivity index (χ1n) is 6.56. The Morgan fingerprint density at radius 1 is 1.35 bits per heavy atom. The van der Waals surface area contributed by atoms with E-state index < -0.39 is 6.61 Å². The van der Waals surface area contributed by atoms with Crippen molar-refractivity contribution in [1.29, 1.82) is 0 Å². The summed E-state index contributed by atoms with van der Waals surface area (Å²) < 4.78 is 28.8. The van der Waals surface area contributed by atoms with E-state index in [1.165, 1.54) is 6.07 Å². The van der Waals surface area contributed by atoms with Gasteiger partial charge in [0.1, 0.15) is 11.6 Å². The maximum Gasteiger partial charge on any atom is 0.387 e. The van der Waals surface area contributed by atoms with E-state index in [-0.39, 0.29) is 11.8 Å². The van der Waals surface area contributed by atoms with Crippen LogP contribution in [0.3, 0.4) is 0 Å². The summed E-state index contributed by atoms with van der Waals surface area (Å²) in [5, 5.41) is 3.36. The van der Waals surface area contributed by atoms with Gasteiger partial charge >= 0.3 is 6.61 Å². The molecule has 2 aromatic rings. The lowest BCUT2D eigenvalue weighted by Gasteiger charge is -2.07. The monoisotopic (exact) mass is 279 g/mol. The van der Waals surface area contributed by atoms with Crippen molar-refractivity contribution in [3.8, 4) is 17.0 Å². The Kier molecular flexibility index (Phi) is 3.64. The first kappa shape index (κ1) is 13.1. The molecule has 4 nitrogen and oxygen atoms in total. The Labute approximate surface area is 115 Å². The van der Waals surface area contributed by atoms with E-state index in [0.717, 1.165) is 36.5 Å². The Morgan fingerprint density at radius 3 is 3.00 bits per heavy atom. The van der Waals surface area contributed by atoms with Crippen LogP contribution in [0.5, 0.6) is 5.75 Å². The minimum absolute atomic E-state index is 0.146. The second kappa shape index (κ2) is 5.58. The molecule has 0 bridgehead atoms. The van der Waals surface area contributed by atoms with Crippen molar-refractivity contribution in [2.75, 3.05) is 6.54 Å². The molecular formula is C14H15F2N3O. The molecule has 1 aliphatic rings. The average Bonchev–Trinajstić information content (AvgIpc) is 3.09. The highest BCUT2D eigenvalue weighted by Gasteiger charge is 2.19. The fourth-order valence-electron chi connectivity index (χ4n) is 2.42. The molecule has 1 fully saturated rings. The van der Waals surface area contributed by atoms with Gasteiger partial charge in [-0.1, -0.05) is 12.1 Å². The molecule has 6 heteroatoms. The smallest absolute Gasteiger partial charge is 0.387 e. The van der Waals surface area contributed by atoms with Crippen molar-refractivity contribution in [2.45, 2.75) is 25.5 Å². The van der Waals surface area contributed by atoms with Crippen LogP contribution in [-0.2, 0) is 0 Å². The van der Waals surface area contributed by atoms with Gasteiger partial charge in [0, 0.05) is 5.56 Å². The number of hydrogen-bond acceptors (Lipinski definition) is 3. The number of imidazole rings is 1. The van der Waals surface area contributed by atoms with Crippen LogP contribution in [0, 0.1) is 0 Å². The number of aromatic amines is 1. The summed E-state index contributed by atoms with van der Waals surface area (Å²) in [5.41, 5.74) is 1.58. The molecule has 2 heterocycles. The van der Waals surface area contributed by atoms with Crippen molar-refractivity contribution in [2.24, 2.45) is 0 Å². The number of hydrogen-bond donors (Lipinski definition) is 2. The minimum atomic E-state index is -2.81. The zero-order valence-corrected chi connectivity index (χ0v) is 10.8. The predicted octanol–water partition coefficient (Wildman–Crippen LogP) is 3.10. The lowest BCUT2D eigenvalue weighted by atomic mass is 10.1. The number of ether oxygens (including phenoxy) is 1. The van der Waals surface area contributed by atoms with Gasteiger partial charge < -0.3 is 15.0 Å². The normalized spacial score (nSPS) is 18.6. The summed E-state index contributed by atoms with van der Waals surface area (Å²) in [5.74, 6) is 1.03. The summed E-state index contributed by atoms with van der Waals surface area (Å²) >= 11 is 0. The molecule has 0 spiro atoms. The van der Waals surface area contributed by atoms with Crippen LogP contribution in [0.2, 0.25) is 0 Å². The van der Waals surface area contributed by atoms with E-state index >= 15 is 0 Å². The van der Waals surface area contributed by atoms with Crippen LogP contribution in [-0.4, -0.2) is 23.1 Å². The summed E-state index contributed by atoms with van der Waals surface area (Å²) in [4.78, 5) is 7.59. The van der Waals surface area contributed by atoms with Gasteiger partial charge in [-0.25, -0.2) is 4.98 Å². The summed E-state index contributed by atoms with van der Waals surface area (Å²) in [6.07, 6.45) is 3.91. The van der Waals surface area contributed by atoms with Gasteiger partial charge in [-0.05, 0) is 31.5 Å². The molecule has 2 N–H and O–H groups in total. The minimum Gasteiger partial charge on any atom is -0.435 e. The Hall–Kier alpha value is -1.95. The number of aromatic nitrogens is 2. The highest BCUT2D eigenvalue weighted by molar-refractivity contribution is 5.60. The number of halogens is 2. The van der Waals surface area contributed by atoms with Gasteiger partial charge in [0.15, 0.2) is 0 Å². The first-order chi connectivity index (χ1) is 9.72. The number of alkyl halides is 2. The third-order valence-corrected chi connectivity index (χ3v) is 3.36. The van der Waals surface area contributed by atoms with Crippen LogP contribution in [0.4, 0.5) is 8.78 Å². The molecule has 1 saturated heterocycles. The van der Waals surface area contributed by atoms with Gasteiger partial charge in [-0.15, -0.1) is 0 Å². The van der Waals surface area contributed by atoms with Crippen molar-refractivity contribution in [3.63, 3.8) is 0 Å². The van der Waals surface area contributed by atoms with E-state index in [2.05, 4.69) is 20.0 Å². The van der Waals surface area contributed by atoms with Crippen molar-refractivity contribution in [1.82, 2.24) is 15.3 Å². The van der Waals surface area contributed by atoms with E-state index in [1.807, 2.05) is 6.07 Å². The number of rotatable bonds is 4. The quantitative estimate of drug-likeness (QED) is 0.904. The van der Waals surface area contributed by atoms with Gasteiger partial charge in [-0.3, -0.25) is 0 Å². The average molecular weight is 279 g/mol. The van der Waals surface area contributed by atoms with E-state index in [9.17, 15) is 8.78 Å². The van der Waals surface area contributed by atoms with Crippen molar-refractivity contribution < 1.29 is 13.5 Å². The lowest BCUT2D eigenvalue weighted by Crippen LogP contribution is -2.14. The van der Waals surface area contributed by atoms with Gasteiger partial charge in [0.05, 0.1) is 17.9 Å². The molecule has 1 aliphatic heterocycles. The molecule has 20 heavy (non-hydrogen) atoms. The zero-order chi connectivity index (χ0) is 13.9.